The molecule has 6 nitrogen and oxygen atoms in total. The van der Waals surface area contributed by atoms with Gasteiger partial charge < -0.3 is 10.1 Å². The molecule has 0 aliphatic rings. The van der Waals surface area contributed by atoms with Gasteiger partial charge in [-0.1, -0.05) is 0 Å². The zero-order valence-electron chi connectivity index (χ0n) is 9.71. The molecule has 2 rings (SSSR count). The fourth-order valence-electron chi connectivity index (χ4n) is 1.37. The Balaban J connectivity index is 2.34. The lowest BCUT2D eigenvalue weighted by molar-refractivity contribution is 0.397. The van der Waals surface area contributed by atoms with Crippen LogP contribution in [-0.4, -0.2) is 34.1 Å². The molecule has 0 atom stereocenters. The van der Waals surface area contributed by atoms with Gasteiger partial charge in [-0.15, -0.1) is 0 Å². The van der Waals surface area contributed by atoms with Crippen LogP contribution in [0.1, 0.15) is 5.69 Å². The third-order valence-electron chi connectivity index (χ3n) is 2.15. The van der Waals surface area contributed by atoms with Crippen molar-refractivity contribution < 1.29 is 4.74 Å². The molecule has 2 aromatic heterocycles. The van der Waals surface area contributed by atoms with Gasteiger partial charge in [0.25, 0.3) is 0 Å². The molecule has 0 saturated heterocycles. The van der Waals surface area contributed by atoms with E-state index in [2.05, 4.69) is 25.3 Å². The molecule has 0 aliphatic heterocycles. The maximum atomic E-state index is 5.04. The van der Waals surface area contributed by atoms with Gasteiger partial charge in [0, 0.05) is 18.8 Å². The maximum Gasteiger partial charge on any atom is 0.216 e. The minimum Gasteiger partial charge on any atom is -0.481 e. The summed E-state index contributed by atoms with van der Waals surface area (Å²) >= 11 is 0. The van der Waals surface area contributed by atoms with Crippen LogP contribution in [0.15, 0.2) is 24.7 Å². The van der Waals surface area contributed by atoms with E-state index in [0.29, 0.717) is 23.9 Å². The highest BCUT2D eigenvalue weighted by molar-refractivity contribution is 5.49. The fraction of sp³-hybridized carbons (Fsp3) is 0.273. The summed E-state index contributed by atoms with van der Waals surface area (Å²) in [7, 11) is 3.43. The van der Waals surface area contributed by atoms with Gasteiger partial charge in [0.1, 0.15) is 12.0 Å². The lowest BCUT2D eigenvalue weighted by Gasteiger charge is -2.03. The summed E-state index contributed by atoms with van der Waals surface area (Å²) in [5.74, 6) is 1.07. The van der Waals surface area contributed by atoms with Crippen molar-refractivity contribution in [3.8, 4) is 17.4 Å². The van der Waals surface area contributed by atoms with Crippen LogP contribution in [0.4, 0.5) is 0 Å². The van der Waals surface area contributed by atoms with Crippen LogP contribution in [0.25, 0.3) is 11.5 Å². The van der Waals surface area contributed by atoms with Gasteiger partial charge in [0.2, 0.25) is 5.88 Å². The second-order valence-electron chi connectivity index (χ2n) is 3.35. The van der Waals surface area contributed by atoms with Gasteiger partial charge in [0.15, 0.2) is 5.82 Å². The van der Waals surface area contributed by atoms with Crippen molar-refractivity contribution >= 4 is 0 Å². The lowest BCUT2D eigenvalue weighted by atomic mass is 10.3. The van der Waals surface area contributed by atoms with Gasteiger partial charge >= 0.3 is 0 Å². The number of nitrogens with one attached hydrogen (secondary N) is 1. The van der Waals surface area contributed by atoms with Crippen LogP contribution < -0.4 is 10.1 Å². The molecule has 0 saturated carbocycles. The highest BCUT2D eigenvalue weighted by Crippen LogP contribution is 2.15. The van der Waals surface area contributed by atoms with Crippen molar-refractivity contribution in [2.75, 3.05) is 14.2 Å². The molecule has 0 unspecified atom stereocenters. The van der Waals surface area contributed by atoms with E-state index in [4.69, 9.17) is 4.74 Å². The molecule has 17 heavy (non-hydrogen) atoms. The molecule has 0 amide bonds. The smallest absolute Gasteiger partial charge is 0.216 e. The monoisotopic (exact) mass is 231 g/mol. The molecule has 0 aliphatic carbocycles. The molecular weight excluding hydrogens is 218 g/mol. The van der Waals surface area contributed by atoms with Gasteiger partial charge in [-0.25, -0.2) is 19.9 Å². The van der Waals surface area contributed by atoms with Crippen LogP contribution in [0.5, 0.6) is 5.88 Å². The van der Waals surface area contributed by atoms with Gasteiger partial charge in [-0.3, -0.25) is 0 Å². The zero-order chi connectivity index (χ0) is 12.1. The van der Waals surface area contributed by atoms with Gasteiger partial charge in [-0.05, 0) is 13.1 Å². The molecule has 0 spiro atoms. The van der Waals surface area contributed by atoms with Crippen LogP contribution in [0.3, 0.4) is 0 Å². The third-order valence-corrected chi connectivity index (χ3v) is 2.15. The first-order valence-electron chi connectivity index (χ1n) is 5.16. The lowest BCUT2D eigenvalue weighted by Crippen LogP contribution is -2.08. The molecule has 2 heterocycles. The molecule has 0 radical (unpaired) electrons. The van der Waals surface area contributed by atoms with Crippen molar-refractivity contribution in [1.29, 1.82) is 0 Å². The first kappa shape index (κ1) is 11.4. The highest BCUT2D eigenvalue weighted by Gasteiger charge is 2.05. The Morgan fingerprint density at radius 1 is 1.29 bits per heavy atom. The van der Waals surface area contributed by atoms with Crippen LogP contribution in [0, 0.1) is 0 Å². The Labute approximate surface area is 99.1 Å². The summed E-state index contributed by atoms with van der Waals surface area (Å²) in [4.78, 5) is 16.6. The first-order valence-corrected chi connectivity index (χ1v) is 5.16. The van der Waals surface area contributed by atoms with Crippen molar-refractivity contribution in [3.63, 3.8) is 0 Å². The number of hydrogen-bond donors (Lipinski definition) is 1. The van der Waals surface area contributed by atoms with Crippen molar-refractivity contribution in [3.05, 3.63) is 30.4 Å². The van der Waals surface area contributed by atoms with Crippen molar-refractivity contribution in [2.45, 2.75) is 6.54 Å². The van der Waals surface area contributed by atoms with Crippen LogP contribution in [0.2, 0.25) is 0 Å². The van der Waals surface area contributed by atoms with Gasteiger partial charge in [0.05, 0.1) is 12.8 Å². The summed E-state index contributed by atoms with van der Waals surface area (Å²) in [6, 6.07) is 3.57. The molecule has 0 bridgehead atoms. The number of methoxy groups -OCH3 is 1. The highest BCUT2D eigenvalue weighted by atomic mass is 16.5. The largest absolute Gasteiger partial charge is 0.481 e. The molecule has 2 aromatic rings. The van der Waals surface area contributed by atoms with E-state index in [1.807, 2.05) is 13.1 Å². The molecule has 0 aromatic carbocycles. The van der Waals surface area contributed by atoms with E-state index in [1.54, 1.807) is 19.4 Å². The minimum atomic E-state index is 0.498. The van der Waals surface area contributed by atoms with Crippen molar-refractivity contribution in [1.82, 2.24) is 25.3 Å². The molecule has 1 N–H and O–H groups in total. The van der Waals surface area contributed by atoms with E-state index in [0.717, 1.165) is 5.69 Å². The van der Waals surface area contributed by atoms with Crippen LogP contribution in [-0.2, 0) is 6.54 Å². The number of nitrogens with zero attached hydrogens (tertiary/aromatic N) is 4. The SMILES string of the molecule is CNCc1ccnc(-c2cc(OC)ncn2)n1. The van der Waals surface area contributed by atoms with E-state index in [-0.39, 0.29) is 0 Å². The summed E-state index contributed by atoms with van der Waals surface area (Å²) in [5.41, 5.74) is 1.56. The maximum absolute atomic E-state index is 5.04. The Bertz CT molecular complexity index is 503. The number of hydrogen-bond acceptors (Lipinski definition) is 6. The standard InChI is InChI=1S/C11H13N5O/c1-12-6-8-3-4-13-11(16-8)9-5-10(17-2)15-7-14-9/h3-5,7,12H,6H2,1-2H3. The number of aromatic nitrogens is 4. The van der Waals surface area contributed by atoms with Crippen molar-refractivity contribution in [2.24, 2.45) is 0 Å². The van der Waals surface area contributed by atoms with Gasteiger partial charge in [-0.2, -0.15) is 0 Å². The first-order chi connectivity index (χ1) is 8.33. The van der Waals surface area contributed by atoms with E-state index >= 15 is 0 Å². The summed E-state index contributed by atoms with van der Waals surface area (Å²) < 4.78 is 5.04. The number of ether oxygens (including phenoxy) is 1. The second-order valence-corrected chi connectivity index (χ2v) is 3.35. The quantitative estimate of drug-likeness (QED) is 0.833. The predicted octanol–water partition coefficient (Wildman–Crippen LogP) is 0.662. The fourth-order valence-corrected chi connectivity index (χ4v) is 1.37. The number of rotatable bonds is 4. The van der Waals surface area contributed by atoms with E-state index in [1.165, 1.54) is 6.33 Å². The average molecular weight is 231 g/mol. The molecule has 88 valence electrons. The predicted molar refractivity (Wildman–Crippen MR) is 62.4 cm³/mol. The Hall–Kier alpha value is -2.08. The van der Waals surface area contributed by atoms with E-state index < -0.39 is 0 Å². The molecule has 0 fully saturated rings. The summed E-state index contributed by atoms with van der Waals surface area (Å²) in [6.45, 7) is 0.692. The molecular formula is C11H13N5O. The Kier molecular flexibility index (Phi) is 3.56. The third kappa shape index (κ3) is 2.73. The average Bonchev–Trinajstić information content (AvgIpc) is 2.40. The summed E-state index contributed by atoms with van der Waals surface area (Å²) in [6.07, 6.45) is 3.14. The Morgan fingerprint density at radius 2 is 2.18 bits per heavy atom. The topological polar surface area (TPSA) is 72.8 Å². The Morgan fingerprint density at radius 3 is 2.94 bits per heavy atom. The zero-order valence-corrected chi connectivity index (χ0v) is 9.71. The van der Waals surface area contributed by atoms with Crippen LogP contribution >= 0.6 is 0 Å². The normalized spacial score (nSPS) is 10.2. The molecule has 6 heteroatoms. The second kappa shape index (κ2) is 5.31. The van der Waals surface area contributed by atoms with E-state index in [9.17, 15) is 0 Å². The minimum absolute atomic E-state index is 0.498. The summed E-state index contributed by atoms with van der Waals surface area (Å²) in [5, 5.41) is 3.04.